The summed E-state index contributed by atoms with van der Waals surface area (Å²) < 4.78 is 32.7. The summed E-state index contributed by atoms with van der Waals surface area (Å²) in [6.45, 7) is 1.43. The number of hydrogen-bond acceptors (Lipinski definition) is 5. The molecule has 0 atom stereocenters. The van der Waals surface area contributed by atoms with Crippen molar-refractivity contribution in [3.8, 4) is 5.75 Å². The molecule has 7 nitrogen and oxygen atoms in total. The molecule has 31 heavy (non-hydrogen) atoms. The Balaban J connectivity index is 1.32. The fourth-order valence-corrected chi connectivity index (χ4v) is 5.83. The van der Waals surface area contributed by atoms with Crippen LogP contribution in [0.4, 0.5) is 5.69 Å². The zero-order valence-electron chi connectivity index (χ0n) is 17.4. The molecular formula is C22H26ClN3O4S. The Hall–Kier alpha value is -2.29. The van der Waals surface area contributed by atoms with E-state index in [1.165, 1.54) is 9.87 Å². The van der Waals surface area contributed by atoms with E-state index >= 15 is 0 Å². The Kier molecular flexibility index (Phi) is 6.41. The third-order valence-electron chi connectivity index (χ3n) is 5.89. The molecule has 0 unspecified atom stereocenters. The van der Waals surface area contributed by atoms with Crippen molar-refractivity contribution in [2.45, 2.75) is 24.2 Å². The lowest BCUT2D eigenvalue weighted by molar-refractivity contribution is -0.130. The number of aryl methyl sites for hydroxylation is 2. The highest BCUT2D eigenvalue weighted by Gasteiger charge is 2.30. The lowest BCUT2D eigenvalue weighted by Crippen LogP contribution is -2.51. The fraction of sp³-hybridized carbons (Fsp3) is 0.409. The van der Waals surface area contributed by atoms with Crippen LogP contribution in [0.1, 0.15) is 17.5 Å². The fourth-order valence-electron chi connectivity index (χ4n) is 4.10. The molecule has 0 spiro atoms. The molecular weight excluding hydrogens is 438 g/mol. The van der Waals surface area contributed by atoms with E-state index in [0.717, 1.165) is 30.5 Å². The minimum atomic E-state index is -3.55. The molecule has 9 heteroatoms. The Bertz CT molecular complexity index is 1080. The van der Waals surface area contributed by atoms with Gasteiger partial charge >= 0.3 is 0 Å². The van der Waals surface area contributed by atoms with Crippen molar-refractivity contribution in [2.24, 2.45) is 0 Å². The second-order valence-electron chi connectivity index (χ2n) is 7.77. The number of nitrogens with zero attached hydrogens (tertiary/aromatic N) is 2. The van der Waals surface area contributed by atoms with Crippen LogP contribution in [0.5, 0.6) is 5.75 Å². The highest BCUT2D eigenvalue weighted by atomic mass is 35.5. The van der Waals surface area contributed by atoms with Crippen LogP contribution in [-0.4, -0.2) is 63.4 Å². The molecule has 1 heterocycles. The number of anilines is 1. The van der Waals surface area contributed by atoms with Crippen LogP contribution < -0.4 is 10.1 Å². The maximum atomic E-state index is 13.0. The second kappa shape index (κ2) is 9.06. The summed E-state index contributed by atoms with van der Waals surface area (Å²) in [5, 5.41) is 3.53. The molecule has 0 aromatic heterocycles. The molecule has 1 amide bonds. The van der Waals surface area contributed by atoms with Crippen molar-refractivity contribution in [2.75, 3.05) is 45.2 Å². The largest absolute Gasteiger partial charge is 0.495 e. The van der Waals surface area contributed by atoms with Crippen LogP contribution in [0.2, 0.25) is 5.02 Å². The van der Waals surface area contributed by atoms with Crippen molar-refractivity contribution >= 4 is 33.2 Å². The molecule has 2 aliphatic rings. The van der Waals surface area contributed by atoms with E-state index in [-0.39, 0.29) is 12.5 Å². The predicted octanol–water partition coefficient (Wildman–Crippen LogP) is 2.78. The predicted molar refractivity (Wildman–Crippen MR) is 120 cm³/mol. The lowest BCUT2D eigenvalue weighted by atomic mass is 10.1. The average Bonchev–Trinajstić information content (AvgIpc) is 3.25. The van der Waals surface area contributed by atoms with Gasteiger partial charge in [0.25, 0.3) is 0 Å². The van der Waals surface area contributed by atoms with Crippen LogP contribution in [0.25, 0.3) is 0 Å². The second-order valence-corrected chi connectivity index (χ2v) is 10.1. The molecule has 1 fully saturated rings. The van der Waals surface area contributed by atoms with Gasteiger partial charge in [0, 0.05) is 31.9 Å². The summed E-state index contributed by atoms with van der Waals surface area (Å²) in [5.41, 5.74) is 3.11. The van der Waals surface area contributed by atoms with Gasteiger partial charge in [-0.1, -0.05) is 17.7 Å². The Labute approximate surface area is 188 Å². The first-order chi connectivity index (χ1) is 14.9. The summed E-state index contributed by atoms with van der Waals surface area (Å²) in [7, 11) is -2.00. The molecule has 1 saturated heterocycles. The number of piperazine rings is 1. The first kappa shape index (κ1) is 21.9. The Morgan fingerprint density at radius 3 is 2.52 bits per heavy atom. The first-order valence-electron chi connectivity index (χ1n) is 10.4. The highest BCUT2D eigenvalue weighted by Crippen LogP contribution is 2.28. The van der Waals surface area contributed by atoms with Gasteiger partial charge in [0.05, 0.1) is 23.6 Å². The van der Waals surface area contributed by atoms with Crippen molar-refractivity contribution in [3.63, 3.8) is 0 Å². The van der Waals surface area contributed by atoms with E-state index in [1.54, 1.807) is 36.3 Å². The highest BCUT2D eigenvalue weighted by molar-refractivity contribution is 7.89. The lowest BCUT2D eigenvalue weighted by Gasteiger charge is -2.34. The van der Waals surface area contributed by atoms with Crippen LogP contribution in [-0.2, 0) is 27.7 Å². The van der Waals surface area contributed by atoms with Gasteiger partial charge in [0.1, 0.15) is 5.75 Å². The van der Waals surface area contributed by atoms with E-state index in [2.05, 4.69) is 5.32 Å². The number of carbonyl (C=O) groups is 1. The van der Waals surface area contributed by atoms with E-state index in [4.69, 9.17) is 16.3 Å². The minimum absolute atomic E-state index is 0.0819. The molecule has 4 rings (SSSR count). The van der Waals surface area contributed by atoms with Crippen LogP contribution in [0, 0.1) is 0 Å². The summed E-state index contributed by atoms with van der Waals surface area (Å²) in [6, 6.07) is 10.7. The van der Waals surface area contributed by atoms with E-state index < -0.39 is 10.0 Å². The minimum Gasteiger partial charge on any atom is -0.495 e. The number of ether oxygens (including phenoxy) is 1. The van der Waals surface area contributed by atoms with Crippen LogP contribution in [0.3, 0.4) is 0 Å². The SMILES string of the molecule is COc1ccc(NCC(=O)N2CCN(S(=O)(=O)c3ccc4c(c3)CCC4)CC2)cc1Cl. The van der Waals surface area contributed by atoms with E-state index in [9.17, 15) is 13.2 Å². The molecule has 1 aliphatic heterocycles. The number of halogens is 1. The average molecular weight is 464 g/mol. The smallest absolute Gasteiger partial charge is 0.243 e. The zero-order valence-corrected chi connectivity index (χ0v) is 19.0. The van der Waals surface area contributed by atoms with Crippen molar-refractivity contribution in [3.05, 3.63) is 52.5 Å². The number of amides is 1. The number of nitrogens with one attached hydrogen (secondary N) is 1. The number of benzene rings is 2. The first-order valence-corrected chi connectivity index (χ1v) is 12.2. The molecule has 166 valence electrons. The zero-order chi connectivity index (χ0) is 22.0. The van der Waals surface area contributed by atoms with Gasteiger partial charge in [-0.15, -0.1) is 0 Å². The van der Waals surface area contributed by atoms with Gasteiger partial charge in [0.15, 0.2) is 0 Å². The van der Waals surface area contributed by atoms with Crippen molar-refractivity contribution in [1.29, 1.82) is 0 Å². The van der Waals surface area contributed by atoms with Crippen molar-refractivity contribution < 1.29 is 17.9 Å². The molecule has 1 N–H and O–H groups in total. The topological polar surface area (TPSA) is 79.0 Å². The standard InChI is InChI=1S/C22H26ClN3O4S/c1-30-21-8-6-18(14-20(21)23)24-15-22(27)25-9-11-26(12-10-25)31(28,29)19-7-5-16-3-2-4-17(16)13-19/h5-8,13-14,24H,2-4,9-12,15H2,1H3. The molecule has 0 bridgehead atoms. The number of rotatable bonds is 6. The summed E-state index contributed by atoms with van der Waals surface area (Å²) in [5.74, 6) is 0.487. The molecule has 1 aliphatic carbocycles. The number of fused-ring (bicyclic) bond motifs is 1. The maximum absolute atomic E-state index is 13.0. The summed E-state index contributed by atoms with van der Waals surface area (Å²) in [6.07, 6.45) is 3.04. The van der Waals surface area contributed by atoms with E-state index in [0.29, 0.717) is 41.8 Å². The number of sulfonamides is 1. The molecule has 0 radical (unpaired) electrons. The number of hydrogen-bond donors (Lipinski definition) is 1. The number of methoxy groups -OCH3 is 1. The summed E-state index contributed by atoms with van der Waals surface area (Å²) >= 11 is 6.11. The monoisotopic (exact) mass is 463 g/mol. The Morgan fingerprint density at radius 2 is 1.81 bits per heavy atom. The third-order valence-corrected chi connectivity index (χ3v) is 8.08. The maximum Gasteiger partial charge on any atom is 0.243 e. The van der Waals surface area contributed by atoms with Gasteiger partial charge in [-0.25, -0.2) is 8.42 Å². The van der Waals surface area contributed by atoms with Crippen molar-refractivity contribution in [1.82, 2.24) is 9.21 Å². The van der Waals surface area contributed by atoms with E-state index in [1.807, 2.05) is 12.1 Å². The third kappa shape index (κ3) is 4.66. The van der Waals surface area contributed by atoms with Gasteiger partial charge in [0.2, 0.25) is 15.9 Å². The number of carbonyl (C=O) groups excluding carboxylic acids is 1. The van der Waals surface area contributed by atoms with Gasteiger partial charge in [-0.2, -0.15) is 4.31 Å². The van der Waals surface area contributed by atoms with Gasteiger partial charge in [-0.05, 0) is 60.7 Å². The van der Waals surface area contributed by atoms with Gasteiger partial charge < -0.3 is 15.0 Å². The Morgan fingerprint density at radius 1 is 1.06 bits per heavy atom. The quantitative estimate of drug-likeness (QED) is 0.712. The normalized spacial score (nSPS) is 16.8. The molecule has 2 aromatic carbocycles. The molecule has 2 aromatic rings. The molecule has 0 saturated carbocycles. The van der Waals surface area contributed by atoms with Crippen LogP contribution >= 0.6 is 11.6 Å². The van der Waals surface area contributed by atoms with Crippen LogP contribution in [0.15, 0.2) is 41.3 Å². The van der Waals surface area contributed by atoms with Gasteiger partial charge in [-0.3, -0.25) is 4.79 Å². The summed E-state index contributed by atoms with van der Waals surface area (Å²) in [4.78, 5) is 14.6.